The molecule has 242 valence electrons. The first-order chi connectivity index (χ1) is 20.0. The Bertz CT molecular complexity index is 1140. The van der Waals surface area contributed by atoms with Gasteiger partial charge in [-0.25, -0.2) is 0 Å². The number of rotatable bonds is 8. The first-order valence-electron chi connectivity index (χ1n) is 16.3. The minimum absolute atomic E-state index is 0.0496. The fourth-order valence-electron chi connectivity index (χ4n) is 9.83. The largest absolute Gasteiger partial charge is 0.459 e. The molecule has 43 heavy (non-hydrogen) atoms. The summed E-state index contributed by atoms with van der Waals surface area (Å²) in [5.74, 6) is -0.585. The Kier molecular flexibility index (Phi) is 9.92. The highest BCUT2D eigenvalue weighted by molar-refractivity contribution is 5.68. The monoisotopic (exact) mass is 602 g/mol. The van der Waals surface area contributed by atoms with Crippen molar-refractivity contribution in [3.63, 3.8) is 0 Å². The highest BCUT2D eigenvalue weighted by atomic mass is 16.6. The molecule has 0 radical (unpaired) electrons. The van der Waals surface area contributed by atoms with E-state index < -0.39 is 53.7 Å². The van der Waals surface area contributed by atoms with E-state index >= 15 is 0 Å². The number of fused-ring (bicyclic) bond motifs is 5. The molecule has 2 N–H and O–H groups in total. The van der Waals surface area contributed by atoms with Gasteiger partial charge < -0.3 is 24.4 Å². The maximum absolute atomic E-state index is 12.4. The van der Waals surface area contributed by atoms with Crippen LogP contribution in [0.2, 0.25) is 0 Å². The van der Waals surface area contributed by atoms with Crippen LogP contribution in [0.5, 0.6) is 0 Å². The number of aliphatic hydroxyl groups is 2. The van der Waals surface area contributed by atoms with E-state index in [0.717, 1.165) is 24.0 Å². The van der Waals surface area contributed by atoms with Gasteiger partial charge in [-0.3, -0.25) is 14.4 Å². The SMILES string of the molecule is CC(=O)O[C@@H]1[C@@H]2[C@@H](OC(C)=O)C=C3C4CC[C@H]([C@H](C)/C=C(\CO)C(C)C(C)C)[C@@]4(C)C[C@@H](O)C3[C@@]2(C)CC[C@@H]1OC(C)=O. The summed E-state index contributed by atoms with van der Waals surface area (Å²) in [7, 11) is 0. The maximum Gasteiger partial charge on any atom is 0.303 e. The summed E-state index contributed by atoms with van der Waals surface area (Å²) in [6.45, 7) is 17.3. The summed E-state index contributed by atoms with van der Waals surface area (Å²) >= 11 is 0. The summed E-state index contributed by atoms with van der Waals surface area (Å²) in [6.07, 6.45) is 5.27. The minimum atomic E-state index is -0.802. The molecule has 0 amide bonds. The van der Waals surface area contributed by atoms with Gasteiger partial charge in [0.15, 0.2) is 0 Å². The van der Waals surface area contributed by atoms with E-state index in [2.05, 4.69) is 47.6 Å². The van der Waals surface area contributed by atoms with Gasteiger partial charge in [0.05, 0.1) is 12.7 Å². The predicted molar refractivity (Wildman–Crippen MR) is 162 cm³/mol. The van der Waals surface area contributed by atoms with Gasteiger partial charge in [0.2, 0.25) is 0 Å². The molecule has 0 bridgehead atoms. The van der Waals surface area contributed by atoms with Gasteiger partial charge in [-0.2, -0.15) is 0 Å². The lowest BCUT2D eigenvalue weighted by Gasteiger charge is -2.61. The van der Waals surface area contributed by atoms with E-state index in [1.165, 1.54) is 20.8 Å². The normalized spacial score (nSPS) is 40.4. The second kappa shape index (κ2) is 12.7. The van der Waals surface area contributed by atoms with Gasteiger partial charge in [-0.05, 0) is 84.2 Å². The van der Waals surface area contributed by atoms with E-state index in [1.807, 2.05) is 6.08 Å². The van der Waals surface area contributed by atoms with Crippen molar-refractivity contribution in [1.29, 1.82) is 0 Å². The molecule has 0 saturated heterocycles. The van der Waals surface area contributed by atoms with Crippen LogP contribution < -0.4 is 0 Å². The quantitative estimate of drug-likeness (QED) is 0.215. The second-order valence-electron chi connectivity index (χ2n) is 14.8. The number of esters is 3. The van der Waals surface area contributed by atoms with Crippen LogP contribution in [0.1, 0.15) is 94.4 Å². The molecular weight excluding hydrogens is 548 g/mol. The van der Waals surface area contributed by atoms with Crippen LogP contribution in [0.25, 0.3) is 0 Å². The molecule has 4 rings (SSSR count). The van der Waals surface area contributed by atoms with Crippen molar-refractivity contribution in [2.75, 3.05) is 6.61 Å². The highest BCUT2D eigenvalue weighted by Crippen LogP contribution is 2.67. The van der Waals surface area contributed by atoms with Crippen molar-refractivity contribution >= 4 is 17.9 Å². The molecule has 0 heterocycles. The molecule has 3 fully saturated rings. The van der Waals surface area contributed by atoms with Crippen molar-refractivity contribution < 1.29 is 38.8 Å². The fraction of sp³-hybridized carbons (Fsp3) is 0.800. The zero-order chi connectivity index (χ0) is 32.0. The van der Waals surface area contributed by atoms with Crippen LogP contribution in [0.3, 0.4) is 0 Å². The van der Waals surface area contributed by atoms with Gasteiger partial charge in [-0.15, -0.1) is 0 Å². The molecule has 0 aromatic heterocycles. The van der Waals surface area contributed by atoms with E-state index in [1.54, 1.807) is 0 Å². The van der Waals surface area contributed by atoms with E-state index in [4.69, 9.17) is 14.2 Å². The fourth-order valence-corrected chi connectivity index (χ4v) is 9.83. The number of allylic oxidation sites excluding steroid dienone is 1. The van der Waals surface area contributed by atoms with Crippen LogP contribution in [0.15, 0.2) is 23.3 Å². The van der Waals surface area contributed by atoms with Crippen molar-refractivity contribution in [2.45, 2.75) is 119 Å². The highest BCUT2D eigenvalue weighted by Gasteiger charge is 2.65. The molecule has 0 spiro atoms. The third kappa shape index (κ3) is 6.20. The first kappa shape index (κ1) is 33.7. The predicted octanol–water partition coefficient (Wildman–Crippen LogP) is 5.40. The van der Waals surface area contributed by atoms with E-state index in [0.29, 0.717) is 31.1 Å². The Labute approximate surface area is 257 Å². The summed E-state index contributed by atoms with van der Waals surface area (Å²) in [5, 5.41) is 22.3. The average Bonchev–Trinajstić information content (AvgIpc) is 3.23. The molecule has 3 unspecified atom stereocenters. The lowest BCUT2D eigenvalue weighted by atomic mass is 9.45. The second-order valence-corrected chi connectivity index (χ2v) is 14.8. The molecule has 4 aliphatic carbocycles. The van der Waals surface area contributed by atoms with Crippen molar-refractivity contribution in [2.24, 2.45) is 52.3 Å². The van der Waals surface area contributed by atoms with Crippen molar-refractivity contribution in [3.8, 4) is 0 Å². The van der Waals surface area contributed by atoms with E-state index in [-0.39, 0.29) is 35.7 Å². The molecular formula is C35H54O8. The lowest BCUT2D eigenvalue weighted by molar-refractivity contribution is -0.210. The zero-order valence-electron chi connectivity index (χ0n) is 27.6. The van der Waals surface area contributed by atoms with Crippen LogP contribution in [0, 0.1) is 52.3 Å². The number of hydrogen-bond donors (Lipinski definition) is 2. The smallest absolute Gasteiger partial charge is 0.303 e. The first-order valence-corrected chi connectivity index (χ1v) is 16.3. The molecule has 0 aliphatic heterocycles. The molecule has 4 aliphatic rings. The summed E-state index contributed by atoms with van der Waals surface area (Å²) < 4.78 is 17.5. The average molecular weight is 603 g/mol. The van der Waals surface area contributed by atoms with Gasteiger partial charge in [0, 0.05) is 32.6 Å². The molecule has 12 atom stereocenters. The zero-order valence-corrected chi connectivity index (χ0v) is 27.6. The Morgan fingerprint density at radius 2 is 1.58 bits per heavy atom. The van der Waals surface area contributed by atoms with Crippen LogP contribution in [-0.4, -0.2) is 59.1 Å². The number of ether oxygens (including phenoxy) is 3. The summed E-state index contributed by atoms with van der Waals surface area (Å²) in [4.78, 5) is 36.8. The Hall–Kier alpha value is -2.19. The Morgan fingerprint density at radius 3 is 2.14 bits per heavy atom. The van der Waals surface area contributed by atoms with Gasteiger partial charge in [0.1, 0.15) is 18.3 Å². The number of aliphatic hydroxyl groups excluding tert-OH is 2. The molecule has 8 heteroatoms. The topological polar surface area (TPSA) is 119 Å². The van der Waals surface area contributed by atoms with Crippen LogP contribution >= 0.6 is 0 Å². The van der Waals surface area contributed by atoms with Gasteiger partial charge in [-0.1, -0.05) is 53.2 Å². The molecule has 8 nitrogen and oxygen atoms in total. The summed E-state index contributed by atoms with van der Waals surface area (Å²) in [5.41, 5.74) is 1.50. The van der Waals surface area contributed by atoms with Gasteiger partial charge >= 0.3 is 17.9 Å². The molecule has 0 aromatic carbocycles. The Balaban J connectivity index is 1.77. The number of hydrogen-bond acceptors (Lipinski definition) is 8. The van der Waals surface area contributed by atoms with Crippen molar-refractivity contribution in [1.82, 2.24) is 0 Å². The number of carbonyl (C=O) groups excluding carboxylic acids is 3. The third-order valence-corrected chi connectivity index (χ3v) is 11.9. The van der Waals surface area contributed by atoms with Crippen LogP contribution in [0.4, 0.5) is 0 Å². The summed E-state index contributed by atoms with van der Waals surface area (Å²) in [6, 6.07) is 0. The maximum atomic E-state index is 12.4. The molecule has 3 saturated carbocycles. The Morgan fingerprint density at radius 1 is 0.953 bits per heavy atom. The standard InChI is InChI=1S/C35H54O8/c1-18(2)20(4)24(17-36)14-19(3)26-10-11-27-25-15-30(42-22(6)38)32-33(43-23(7)39)29(41-21(5)37)12-13-34(32,8)31(25)28(40)16-35(26,27)9/h14-15,18-20,26-33,36,40H,10-13,16-17H2,1-9H3/b24-14+/t19-,20?,26-,27?,28-,29+,30+,31?,32+,33+,34-,35-/m1/s1. The number of carbonyl (C=O) groups is 3. The third-order valence-electron chi connectivity index (χ3n) is 11.9. The van der Waals surface area contributed by atoms with E-state index in [9.17, 15) is 24.6 Å². The van der Waals surface area contributed by atoms with Gasteiger partial charge in [0.25, 0.3) is 0 Å². The lowest BCUT2D eigenvalue weighted by Crippen LogP contribution is -2.63. The van der Waals surface area contributed by atoms with Crippen LogP contribution in [-0.2, 0) is 28.6 Å². The minimum Gasteiger partial charge on any atom is -0.459 e. The molecule has 0 aromatic rings. The van der Waals surface area contributed by atoms with Crippen molar-refractivity contribution in [3.05, 3.63) is 23.3 Å².